The first kappa shape index (κ1) is 24.2. The van der Waals surface area contributed by atoms with Crippen LogP contribution in [0.15, 0.2) is 54.9 Å². The third-order valence-electron chi connectivity index (χ3n) is 5.21. The van der Waals surface area contributed by atoms with Crippen molar-refractivity contribution in [2.75, 3.05) is 17.6 Å². The molecule has 4 aromatic rings. The van der Waals surface area contributed by atoms with Crippen LogP contribution in [0.4, 0.5) is 14.5 Å². The first-order valence-corrected chi connectivity index (χ1v) is 11.9. The Morgan fingerprint density at radius 1 is 1.18 bits per heavy atom. The van der Waals surface area contributed by atoms with Gasteiger partial charge in [0.2, 0.25) is 5.78 Å². The number of hydrogen-bond acceptors (Lipinski definition) is 5. The quantitative estimate of drug-likeness (QED) is 0.153. The molecule has 2 aromatic carbocycles. The minimum atomic E-state index is -0.928. The lowest BCUT2D eigenvalue weighted by molar-refractivity contribution is 0.103. The third-order valence-corrected chi connectivity index (χ3v) is 6.44. The SMILES string of the molecule is CCCSNc1ccc(F)c(C(=O)c2cn(COC)c3ncc(-c4ccc(Cl)cc4)cc23)c1F. The number of benzene rings is 2. The second-order valence-electron chi connectivity index (χ2n) is 7.60. The van der Waals surface area contributed by atoms with Crippen LogP contribution >= 0.6 is 23.5 Å². The second kappa shape index (κ2) is 10.5. The van der Waals surface area contributed by atoms with Crippen LogP contribution < -0.4 is 4.72 Å². The van der Waals surface area contributed by atoms with Crippen LogP contribution in [0.3, 0.4) is 0 Å². The molecule has 4 rings (SSSR count). The largest absolute Gasteiger partial charge is 0.364 e. The zero-order valence-corrected chi connectivity index (χ0v) is 20.1. The molecule has 0 aliphatic rings. The Balaban J connectivity index is 1.83. The number of fused-ring (bicyclic) bond motifs is 1. The molecule has 0 amide bonds. The third kappa shape index (κ3) is 4.80. The number of aromatic nitrogens is 2. The fraction of sp³-hybridized carbons (Fsp3) is 0.200. The van der Waals surface area contributed by atoms with Gasteiger partial charge in [-0.15, -0.1) is 0 Å². The lowest BCUT2D eigenvalue weighted by Gasteiger charge is -2.10. The lowest BCUT2D eigenvalue weighted by Crippen LogP contribution is -2.09. The Hall–Kier alpha value is -2.94. The van der Waals surface area contributed by atoms with Gasteiger partial charge < -0.3 is 14.0 Å². The number of nitrogens with one attached hydrogen (secondary N) is 1. The van der Waals surface area contributed by atoms with E-state index in [-0.39, 0.29) is 18.0 Å². The van der Waals surface area contributed by atoms with Crippen molar-refractivity contribution in [1.29, 1.82) is 0 Å². The molecule has 0 bridgehead atoms. The van der Waals surface area contributed by atoms with Crippen molar-refractivity contribution in [3.63, 3.8) is 0 Å². The number of methoxy groups -OCH3 is 1. The number of nitrogens with zero attached hydrogens (tertiary/aromatic N) is 2. The number of halogens is 3. The molecular formula is C25H22ClF2N3O2S. The topological polar surface area (TPSA) is 56.2 Å². The van der Waals surface area contributed by atoms with Gasteiger partial charge in [0.05, 0.1) is 16.8 Å². The molecule has 176 valence electrons. The van der Waals surface area contributed by atoms with Crippen molar-refractivity contribution in [1.82, 2.24) is 9.55 Å². The zero-order valence-electron chi connectivity index (χ0n) is 18.6. The summed E-state index contributed by atoms with van der Waals surface area (Å²) in [6.07, 6.45) is 4.07. The molecule has 0 atom stereocenters. The second-order valence-corrected chi connectivity index (χ2v) is 8.93. The lowest BCUT2D eigenvalue weighted by atomic mass is 10.00. The highest BCUT2D eigenvalue weighted by atomic mass is 35.5. The van der Waals surface area contributed by atoms with E-state index >= 15 is 4.39 Å². The molecule has 1 N–H and O–H groups in total. The monoisotopic (exact) mass is 501 g/mol. The summed E-state index contributed by atoms with van der Waals surface area (Å²) in [7, 11) is 1.51. The average molecular weight is 502 g/mol. The molecule has 0 saturated heterocycles. The van der Waals surface area contributed by atoms with Gasteiger partial charge in [0.15, 0.2) is 5.82 Å². The van der Waals surface area contributed by atoms with Gasteiger partial charge in [-0.1, -0.05) is 42.6 Å². The van der Waals surface area contributed by atoms with Gasteiger partial charge in [-0.25, -0.2) is 13.8 Å². The van der Waals surface area contributed by atoms with E-state index in [2.05, 4.69) is 9.71 Å². The van der Waals surface area contributed by atoms with Crippen molar-refractivity contribution in [3.05, 3.63) is 82.6 Å². The van der Waals surface area contributed by atoms with Gasteiger partial charge in [0.1, 0.15) is 18.2 Å². The summed E-state index contributed by atoms with van der Waals surface area (Å²) in [5.41, 5.74) is 1.62. The van der Waals surface area contributed by atoms with Crippen LogP contribution in [-0.4, -0.2) is 28.2 Å². The van der Waals surface area contributed by atoms with E-state index in [4.69, 9.17) is 16.3 Å². The summed E-state index contributed by atoms with van der Waals surface area (Å²) >= 11 is 7.29. The predicted octanol–water partition coefficient (Wildman–Crippen LogP) is 6.94. The number of hydrogen-bond donors (Lipinski definition) is 1. The summed E-state index contributed by atoms with van der Waals surface area (Å²) in [6, 6.07) is 11.3. The number of ether oxygens (including phenoxy) is 1. The standard InChI is InChI=1S/C25H22ClF2N3O2S/c1-3-10-34-30-21-9-8-20(27)22(23(21)28)24(32)19-13-31(14-33-2)25-18(19)11-16(12-29-25)15-4-6-17(26)7-5-15/h4-9,11-13,30H,3,10,14H2,1-2H3. The van der Waals surface area contributed by atoms with E-state index in [1.165, 1.54) is 31.3 Å². The molecule has 0 fully saturated rings. The average Bonchev–Trinajstić information content (AvgIpc) is 3.19. The molecule has 0 aliphatic carbocycles. The number of ketones is 1. The van der Waals surface area contributed by atoms with Crippen molar-refractivity contribution in [2.45, 2.75) is 20.1 Å². The van der Waals surface area contributed by atoms with E-state index in [1.54, 1.807) is 29.0 Å². The molecule has 0 unspecified atom stereocenters. The summed E-state index contributed by atoms with van der Waals surface area (Å²) in [6.45, 7) is 2.12. The normalized spacial score (nSPS) is 11.2. The smallest absolute Gasteiger partial charge is 0.201 e. The number of rotatable bonds is 9. The molecule has 2 aromatic heterocycles. The van der Waals surface area contributed by atoms with Crippen LogP contribution in [0.25, 0.3) is 22.2 Å². The fourth-order valence-electron chi connectivity index (χ4n) is 3.59. The van der Waals surface area contributed by atoms with Crippen LogP contribution in [0.5, 0.6) is 0 Å². The summed E-state index contributed by atoms with van der Waals surface area (Å²) in [5.74, 6) is -1.89. The van der Waals surface area contributed by atoms with Gasteiger partial charge in [0, 0.05) is 41.2 Å². The molecule has 2 heterocycles. The van der Waals surface area contributed by atoms with Crippen LogP contribution in [0.1, 0.15) is 29.3 Å². The van der Waals surface area contributed by atoms with E-state index in [9.17, 15) is 9.18 Å². The Bertz CT molecular complexity index is 1340. The minimum Gasteiger partial charge on any atom is -0.364 e. The van der Waals surface area contributed by atoms with Crippen LogP contribution in [-0.2, 0) is 11.5 Å². The highest BCUT2D eigenvalue weighted by Gasteiger charge is 2.26. The highest BCUT2D eigenvalue weighted by molar-refractivity contribution is 8.00. The Morgan fingerprint density at radius 2 is 1.94 bits per heavy atom. The Kier molecular flexibility index (Phi) is 7.50. The summed E-state index contributed by atoms with van der Waals surface area (Å²) in [4.78, 5) is 18.0. The van der Waals surface area contributed by atoms with Gasteiger partial charge in [-0.05, 0) is 42.3 Å². The molecular weight excluding hydrogens is 480 g/mol. The van der Waals surface area contributed by atoms with Crippen molar-refractivity contribution in [2.24, 2.45) is 0 Å². The van der Waals surface area contributed by atoms with Gasteiger partial charge in [0.25, 0.3) is 0 Å². The molecule has 0 radical (unpaired) electrons. The molecule has 0 spiro atoms. The molecule has 0 aliphatic heterocycles. The van der Waals surface area contributed by atoms with Crippen molar-refractivity contribution >= 4 is 46.1 Å². The maximum Gasteiger partial charge on any atom is 0.201 e. The minimum absolute atomic E-state index is 0.0591. The maximum atomic E-state index is 15.2. The van der Waals surface area contributed by atoms with Crippen LogP contribution in [0, 0.1) is 11.6 Å². The van der Waals surface area contributed by atoms with E-state index in [0.717, 1.165) is 29.4 Å². The molecule has 0 saturated carbocycles. The molecule has 9 heteroatoms. The van der Waals surface area contributed by atoms with Crippen LogP contribution in [0.2, 0.25) is 5.02 Å². The van der Waals surface area contributed by atoms with Gasteiger partial charge in [-0.3, -0.25) is 4.79 Å². The van der Waals surface area contributed by atoms with Gasteiger partial charge >= 0.3 is 0 Å². The molecule has 34 heavy (non-hydrogen) atoms. The zero-order chi connectivity index (χ0) is 24.2. The first-order valence-electron chi connectivity index (χ1n) is 10.6. The highest BCUT2D eigenvalue weighted by Crippen LogP contribution is 2.31. The maximum absolute atomic E-state index is 15.2. The number of carbonyl (C=O) groups excluding carboxylic acids is 1. The fourth-order valence-corrected chi connectivity index (χ4v) is 4.34. The van der Waals surface area contributed by atoms with E-state index in [0.29, 0.717) is 16.1 Å². The Labute approximate surface area is 205 Å². The summed E-state index contributed by atoms with van der Waals surface area (Å²) < 4.78 is 39.7. The number of anilines is 1. The number of carbonyl (C=O) groups is 1. The Morgan fingerprint density at radius 3 is 2.65 bits per heavy atom. The molecule has 5 nitrogen and oxygen atoms in total. The predicted molar refractivity (Wildman–Crippen MR) is 133 cm³/mol. The first-order chi connectivity index (χ1) is 16.4. The number of pyridine rings is 1. The van der Waals surface area contributed by atoms with Gasteiger partial charge in [-0.2, -0.15) is 0 Å². The van der Waals surface area contributed by atoms with Crippen molar-refractivity contribution < 1.29 is 18.3 Å². The summed E-state index contributed by atoms with van der Waals surface area (Å²) in [5, 5.41) is 1.06. The van der Waals surface area contributed by atoms with Crippen molar-refractivity contribution in [3.8, 4) is 11.1 Å². The van der Waals surface area contributed by atoms with E-state index < -0.39 is 23.0 Å². The van der Waals surface area contributed by atoms with E-state index in [1.807, 2.05) is 19.1 Å².